The first-order valence-electron chi connectivity index (χ1n) is 11.2. The van der Waals surface area contributed by atoms with Gasteiger partial charge < -0.3 is 9.84 Å². The van der Waals surface area contributed by atoms with Gasteiger partial charge in [-0.2, -0.15) is 0 Å². The summed E-state index contributed by atoms with van der Waals surface area (Å²) in [6.45, 7) is 9.63. The number of hydrogen-bond acceptors (Lipinski definition) is 5. The summed E-state index contributed by atoms with van der Waals surface area (Å²) in [6.07, 6.45) is -0.177. The second-order valence-electron chi connectivity index (χ2n) is 8.79. The van der Waals surface area contributed by atoms with Crippen LogP contribution in [0.1, 0.15) is 38.8 Å². The van der Waals surface area contributed by atoms with Crippen molar-refractivity contribution in [2.24, 2.45) is 5.92 Å². The Morgan fingerprint density at radius 2 is 1.38 bits per heavy atom. The van der Waals surface area contributed by atoms with Gasteiger partial charge in [-0.15, -0.1) is 0 Å². The van der Waals surface area contributed by atoms with Crippen molar-refractivity contribution in [3.05, 3.63) is 71.8 Å². The van der Waals surface area contributed by atoms with Crippen LogP contribution in [0.5, 0.6) is 0 Å². The first-order valence-corrected chi connectivity index (χ1v) is 11.2. The van der Waals surface area contributed by atoms with Gasteiger partial charge in [0, 0.05) is 25.7 Å². The molecule has 1 N–H and O–H groups in total. The van der Waals surface area contributed by atoms with Crippen LogP contribution in [0.25, 0.3) is 0 Å². The Labute approximate surface area is 191 Å². The molecule has 0 aromatic heterocycles. The minimum atomic E-state index is -0.861. The van der Waals surface area contributed by atoms with E-state index in [1.54, 1.807) is 0 Å². The highest BCUT2D eigenvalue weighted by Crippen LogP contribution is 2.18. The van der Waals surface area contributed by atoms with Crippen molar-refractivity contribution in [1.82, 2.24) is 9.80 Å². The summed E-state index contributed by atoms with van der Waals surface area (Å²) >= 11 is 0. The third-order valence-electron chi connectivity index (χ3n) is 5.22. The number of carboxylic acids is 1. The standard InChI is InChI=1S/C26H36N2O4/c1-20(2)24(28(18-25(29)30)16-23-13-9-6-10-14-23)17-27(19-26(31)32-21(3)4)15-22-11-7-5-8-12-22/h5-14,20-21,24H,15-19H2,1-4H3,(H,29,30). The zero-order valence-electron chi connectivity index (χ0n) is 19.6. The molecule has 2 aromatic rings. The van der Waals surface area contributed by atoms with E-state index >= 15 is 0 Å². The molecule has 32 heavy (non-hydrogen) atoms. The fraction of sp³-hybridized carbons (Fsp3) is 0.462. The summed E-state index contributed by atoms with van der Waals surface area (Å²) in [7, 11) is 0. The molecule has 6 nitrogen and oxygen atoms in total. The van der Waals surface area contributed by atoms with Crippen molar-refractivity contribution in [1.29, 1.82) is 0 Å². The van der Waals surface area contributed by atoms with Gasteiger partial charge >= 0.3 is 11.9 Å². The molecule has 0 aliphatic carbocycles. The number of hydrogen-bond donors (Lipinski definition) is 1. The van der Waals surface area contributed by atoms with Crippen LogP contribution in [-0.4, -0.2) is 58.6 Å². The molecule has 0 aliphatic rings. The van der Waals surface area contributed by atoms with Gasteiger partial charge in [0.05, 0.1) is 19.2 Å². The molecular weight excluding hydrogens is 404 g/mol. The van der Waals surface area contributed by atoms with E-state index < -0.39 is 5.97 Å². The fourth-order valence-electron chi connectivity index (χ4n) is 3.80. The minimum Gasteiger partial charge on any atom is -0.480 e. The van der Waals surface area contributed by atoms with Gasteiger partial charge in [-0.1, -0.05) is 74.5 Å². The molecule has 0 saturated heterocycles. The summed E-state index contributed by atoms with van der Waals surface area (Å²) in [6, 6.07) is 19.8. The van der Waals surface area contributed by atoms with Gasteiger partial charge in [0.2, 0.25) is 0 Å². The van der Waals surface area contributed by atoms with Crippen LogP contribution in [0.15, 0.2) is 60.7 Å². The van der Waals surface area contributed by atoms with Crippen LogP contribution in [0.4, 0.5) is 0 Å². The van der Waals surface area contributed by atoms with Crippen molar-refractivity contribution >= 4 is 11.9 Å². The van der Waals surface area contributed by atoms with Gasteiger partial charge in [-0.3, -0.25) is 19.4 Å². The molecule has 2 aromatic carbocycles. The van der Waals surface area contributed by atoms with E-state index in [4.69, 9.17) is 4.74 Å². The number of rotatable bonds is 13. The number of carboxylic acid groups (broad SMARTS) is 1. The number of ether oxygens (including phenoxy) is 1. The first-order chi connectivity index (χ1) is 15.2. The quantitative estimate of drug-likeness (QED) is 0.474. The van der Waals surface area contributed by atoms with Crippen molar-refractivity contribution in [3.63, 3.8) is 0 Å². The SMILES string of the molecule is CC(C)OC(=O)CN(Cc1ccccc1)CC(C(C)C)N(CC(=O)O)Cc1ccccc1. The van der Waals surface area contributed by atoms with Crippen molar-refractivity contribution in [3.8, 4) is 0 Å². The van der Waals surface area contributed by atoms with Crippen molar-refractivity contribution < 1.29 is 19.4 Å². The van der Waals surface area contributed by atoms with Gasteiger partial charge in [-0.05, 0) is 30.9 Å². The summed E-state index contributed by atoms with van der Waals surface area (Å²) in [5.41, 5.74) is 2.16. The number of carbonyl (C=O) groups excluding carboxylic acids is 1. The molecule has 0 amide bonds. The molecule has 0 heterocycles. The molecule has 1 atom stereocenters. The molecular formula is C26H36N2O4. The van der Waals surface area contributed by atoms with E-state index in [0.717, 1.165) is 11.1 Å². The lowest BCUT2D eigenvalue weighted by Crippen LogP contribution is -2.49. The second-order valence-corrected chi connectivity index (χ2v) is 8.79. The molecule has 0 bridgehead atoms. The number of nitrogens with zero attached hydrogens (tertiary/aromatic N) is 2. The first kappa shape index (κ1) is 25.6. The van der Waals surface area contributed by atoms with Gasteiger partial charge in [0.15, 0.2) is 0 Å². The largest absolute Gasteiger partial charge is 0.480 e. The van der Waals surface area contributed by atoms with Crippen LogP contribution in [0, 0.1) is 5.92 Å². The summed E-state index contributed by atoms with van der Waals surface area (Å²) < 4.78 is 5.39. The molecule has 0 saturated carbocycles. The molecule has 174 valence electrons. The zero-order chi connectivity index (χ0) is 23.5. The molecule has 0 fully saturated rings. The average molecular weight is 441 g/mol. The predicted molar refractivity (Wildman–Crippen MR) is 126 cm³/mol. The van der Waals surface area contributed by atoms with E-state index in [1.165, 1.54) is 0 Å². The normalized spacial score (nSPS) is 12.5. The Morgan fingerprint density at radius 3 is 1.84 bits per heavy atom. The smallest absolute Gasteiger partial charge is 0.320 e. The number of esters is 1. The van der Waals surface area contributed by atoms with Gasteiger partial charge in [0.25, 0.3) is 0 Å². The number of carbonyl (C=O) groups is 2. The molecule has 0 spiro atoms. The summed E-state index contributed by atoms with van der Waals surface area (Å²) in [5, 5.41) is 9.58. The lowest BCUT2D eigenvalue weighted by molar-refractivity contribution is -0.149. The van der Waals surface area contributed by atoms with Crippen LogP contribution >= 0.6 is 0 Å². The monoisotopic (exact) mass is 440 g/mol. The lowest BCUT2D eigenvalue weighted by Gasteiger charge is -2.37. The van der Waals surface area contributed by atoms with Crippen LogP contribution in [0.2, 0.25) is 0 Å². The Bertz CT molecular complexity index is 824. The minimum absolute atomic E-state index is 0.0538. The highest BCUT2D eigenvalue weighted by atomic mass is 16.5. The molecule has 1 unspecified atom stereocenters. The lowest BCUT2D eigenvalue weighted by atomic mass is 10.00. The highest BCUT2D eigenvalue weighted by molar-refractivity contribution is 5.71. The van der Waals surface area contributed by atoms with E-state index in [0.29, 0.717) is 19.6 Å². The van der Waals surface area contributed by atoms with Crippen LogP contribution in [0.3, 0.4) is 0 Å². The predicted octanol–water partition coefficient (Wildman–Crippen LogP) is 4.05. The number of benzene rings is 2. The third kappa shape index (κ3) is 9.20. The topological polar surface area (TPSA) is 70.1 Å². The fourth-order valence-corrected chi connectivity index (χ4v) is 3.80. The van der Waals surface area contributed by atoms with Gasteiger partial charge in [0.1, 0.15) is 0 Å². The molecule has 0 aliphatic heterocycles. The van der Waals surface area contributed by atoms with Gasteiger partial charge in [-0.25, -0.2) is 0 Å². The van der Waals surface area contributed by atoms with Crippen molar-refractivity contribution in [2.45, 2.75) is 52.9 Å². The Balaban J connectivity index is 2.25. The highest BCUT2D eigenvalue weighted by Gasteiger charge is 2.27. The second kappa shape index (κ2) is 13.0. The molecule has 0 radical (unpaired) electrons. The Kier molecular flexibility index (Phi) is 10.4. The van der Waals surface area contributed by atoms with Crippen molar-refractivity contribution in [2.75, 3.05) is 19.6 Å². The number of aliphatic carboxylic acids is 1. The maximum absolute atomic E-state index is 12.5. The molecule has 2 rings (SSSR count). The van der Waals surface area contributed by atoms with Crippen LogP contribution in [-0.2, 0) is 27.4 Å². The maximum Gasteiger partial charge on any atom is 0.320 e. The van der Waals surface area contributed by atoms with E-state index in [2.05, 4.69) is 18.7 Å². The Morgan fingerprint density at radius 1 is 0.844 bits per heavy atom. The van der Waals surface area contributed by atoms with E-state index in [-0.39, 0.29) is 37.1 Å². The van der Waals surface area contributed by atoms with E-state index in [9.17, 15) is 14.7 Å². The Hall–Kier alpha value is -2.70. The van der Waals surface area contributed by atoms with E-state index in [1.807, 2.05) is 79.4 Å². The van der Waals surface area contributed by atoms with Crippen LogP contribution < -0.4 is 0 Å². The maximum atomic E-state index is 12.5. The summed E-state index contributed by atoms with van der Waals surface area (Å²) in [4.78, 5) is 28.2. The third-order valence-corrected chi connectivity index (χ3v) is 5.22. The zero-order valence-corrected chi connectivity index (χ0v) is 19.6. The molecule has 6 heteroatoms. The summed E-state index contributed by atoms with van der Waals surface area (Å²) in [5.74, 6) is -0.941. The average Bonchev–Trinajstić information content (AvgIpc) is 2.71.